The predicted molar refractivity (Wildman–Crippen MR) is 105 cm³/mol. The lowest BCUT2D eigenvalue weighted by atomic mass is 9.88. The molecule has 1 aromatic rings. The van der Waals surface area contributed by atoms with E-state index in [2.05, 4.69) is 22.2 Å². The predicted octanol–water partition coefficient (Wildman–Crippen LogP) is 2.74. The summed E-state index contributed by atoms with van der Waals surface area (Å²) < 4.78 is 5.92. The van der Waals surface area contributed by atoms with Gasteiger partial charge >= 0.3 is 0 Å². The maximum absolute atomic E-state index is 5.92. The van der Waals surface area contributed by atoms with Crippen LogP contribution in [-0.2, 0) is 11.2 Å². The van der Waals surface area contributed by atoms with Crippen LogP contribution in [-0.4, -0.2) is 36.7 Å². The molecule has 2 unspecified atom stereocenters. The molecule has 0 spiro atoms. The van der Waals surface area contributed by atoms with Crippen LogP contribution in [0.2, 0.25) is 0 Å². The number of halogens is 1. The third-order valence-electron chi connectivity index (χ3n) is 4.15. The fourth-order valence-corrected chi connectivity index (χ4v) is 2.82. The number of ether oxygens (including phenoxy) is 1. The van der Waals surface area contributed by atoms with Crippen LogP contribution in [0.1, 0.15) is 38.3 Å². The first-order valence-electron chi connectivity index (χ1n) is 8.31. The second kappa shape index (κ2) is 11.6. The van der Waals surface area contributed by atoms with Crippen LogP contribution in [0.25, 0.3) is 0 Å². The van der Waals surface area contributed by atoms with Gasteiger partial charge in [-0.2, -0.15) is 0 Å². The third-order valence-corrected chi connectivity index (χ3v) is 4.15. The molecule has 6 heteroatoms. The molecular formula is C17H29IN4O. The van der Waals surface area contributed by atoms with Crippen molar-refractivity contribution in [3.05, 3.63) is 30.1 Å². The second-order valence-electron chi connectivity index (χ2n) is 5.94. The molecule has 130 valence electrons. The van der Waals surface area contributed by atoms with Gasteiger partial charge in [0.15, 0.2) is 5.96 Å². The van der Waals surface area contributed by atoms with Crippen LogP contribution in [0.15, 0.2) is 29.4 Å². The first kappa shape index (κ1) is 20.2. The number of guanidine groups is 1. The smallest absolute Gasteiger partial charge is 0.188 e. The summed E-state index contributed by atoms with van der Waals surface area (Å²) in [5, 5.41) is 3.11. The number of nitrogens with zero attached hydrogens (tertiary/aromatic N) is 2. The SMILES string of the molecule is CC1CCCCC1OCCN=C(N)NCCc1ccccn1.I. The number of aromatic nitrogens is 1. The van der Waals surface area contributed by atoms with Crippen molar-refractivity contribution in [1.82, 2.24) is 10.3 Å². The minimum atomic E-state index is 0. The molecular weight excluding hydrogens is 403 g/mol. The summed E-state index contributed by atoms with van der Waals surface area (Å²) in [4.78, 5) is 8.57. The minimum absolute atomic E-state index is 0. The zero-order valence-electron chi connectivity index (χ0n) is 13.9. The van der Waals surface area contributed by atoms with Gasteiger partial charge in [0, 0.05) is 24.9 Å². The molecule has 2 rings (SSSR count). The van der Waals surface area contributed by atoms with Gasteiger partial charge < -0.3 is 15.8 Å². The van der Waals surface area contributed by atoms with Crippen LogP contribution in [0.3, 0.4) is 0 Å². The van der Waals surface area contributed by atoms with Crippen molar-refractivity contribution >= 4 is 29.9 Å². The highest BCUT2D eigenvalue weighted by molar-refractivity contribution is 14.0. The van der Waals surface area contributed by atoms with Gasteiger partial charge in [-0.1, -0.05) is 25.8 Å². The highest BCUT2D eigenvalue weighted by Gasteiger charge is 2.21. The zero-order valence-corrected chi connectivity index (χ0v) is 16.2. The molecule has 3 N–H and O–H groups in total. The van der Waals surface area contributed by atoms with E-state index in [9.17, 15) is 0 Å². The molecule has 5 nitrogen and oxygen atoms in total. The first-order valence-corrected chi connectivity index (χ1v) is 8.31. The van der Waals surface area contributed by atoms with Gasteiger partial charge in [-0.25, -0.2) is 0 Å². The van der Waals surface area contributed by atoms with E-state index >= 15 is 0 Å². The van der Waals surface area contributed by atoms with E-state index in [4.69, 9.17) is 10.5 Å². The molecule has 0 aliphatic heterocycles. The van der Waals surface area contributed by atoms with Gasteiger partial charge in [0.1, 0.15) is 0 Å². The van der Waals surface area contributed by atoms with Crippen LogP contribution >= 0.6 is 24.0 Å². The van der Waals surface area contributed by atoms with E-state index < -0.39 is 0 Å². The van der Waals surface area contributed by atoms with E-state index in [1.54, 1.807) is 6.20 Å². The lowest BCUT2D eigenvalue weighted by Crippen LogP contribution is -2.34. The highest BCUT2D eigenvalue weighted by Crippen LogP contribution is 2.25. The molecule has 1 heterocycles. The van der Waals surface area contributed by atoms with Crippen molar-refractivity contribution in [3.63, 3.8) is 0 Å². The second-order valence-corrected chi connectivity index (χ2v) is 5.94. The maximum Gasteiger partial charge on any atom is 0.188 e. The van der Waals surface area contributed by atoms with Gasteiger partial charge in [0.2, 0.25) is 0 Å². The number of aliphatic imine (C=N–C) groups is 1. The summed E-state index contributed by atoms with van der Waals surface area (Å²) >= 11 is 0. The number of hydrogen-bond donors (Lipinski definition) is 2. The Bertz CT molecular complexity index is 455. The van der Waals surface area contributed by atoms with Gasteiger partial charge in [0.25, 0.3) is 0 Å². The topological polar surface area (TPSA) is 72.5 Å². The number of nitrogens with two attached hydrogens (primary N) is 1. The monoisotopic (exact) mass is 432 g/mol. The Hall–Kier alpha value is -0.890. The first-order chi connectivity index (χ1) is 10.8. The van der Waals surface area contributed by atoms with E-state index in [-0.39, 0.29) is 24.0 Å². The van der Waals surface area contributed by atoms with Gasteiger partial charge in [-0.05, 0) is 30.9 Å². The van der Waals surface area contributed by atoms with Crippen LogP contribution in [0.5, 0.6) is 0 Å². The summed E-state index contributed by atoms with van der Waals surface area (Å²) in [7, 11) is 0. The molecule has 0 radical (unpaired) electrons. The van der Waals surface area contributed by atoms with Crippen molar-refractivity contribution in [2.75, 3.05) is 19.7 Å². The molecule has 1 aliphatic rings. The molecule has 0 saturated heterocycles. The fourth-order valence-electron chi connectivity index (χ4n) is 2.82. The quantitative estimate of drug-likeness (QED) is 0.301. The van der Waals surface area contributed by atoms with Gasteiger partial charge in [0.05, 0.1) is 19.3 Å². The number of rotatable bonds is 7. The lowest BCUT2D eigenvalue weighted by Gasteiger charge is -2.28. The Morgan fingerprint density at radius 3 is 2.96 bits per heavy atom. The molecule has 0 amide bonds. The zero-order chi connectivity index (χ0) is 15.6. The summed E-state index contributed by atoms with van der Waals surface area (Å²) in [6.07, 6.45) is 8.14. The van der Waals surface area contributed by atoms with E-state index in [0.717, 1.165) is 18.7 Å². The molecule has 23 heavy (non-hydrogen) atoms. The molecule has 1 saturated carbocycles. The molecule has 1 aromatic heterocycles. The van der Waals surface area contributed by atoms with Gasteiger partial charge in [-0.15, -0.1) is 24.0 Å². The Labute approximate surface area is 156 Å². The standard InChI is InChI=1S/C17H28N4O.HI/c1-14-6-2-3-8-16(14)22-13-12-21-17(18)20-11-9-15-7-4-5-10-19-15;/h4-5,7,10,14,16H,2-3,6,8-9,11-13H2,1H3,(H3,18,20,21);1H. The Kier molecular flexibility index (Phi) is 10.2. The molecule has 0 aromatic carbocycles. The van der Waals surface area contributed by atoms with Crippen molar-refractivity contribution < 1.29 is 4.74 Å². The average Bonchev–Trinajstić information content (AvgIpc) is 2.54. The Balaban J connectivity index is 0.00000264. The van der Waals surface area contributed by atoms with Crippen LogP contribution in [0.4, 0.5) is 0 Å². The number of pyridine rings is 1. The lowest BCUT2D eigenvalue weighted by molar-refractivity contribution is -0.000654. The van der Waals surface area contributed by atoms with E-state index in [1.807, 2.05) is 18.2 Å². The van der Waals surface area contributed by atoms with Crippen molar-refractivity contribution in [1.29, 1.82) is 0 Å². The van der Waals surface area contributed by atoms with Crippen LogP contribution in [0, 0.1) is 5.92 Å². The Morgan fingerprint density at radius 1 is 1.39 bits per heavy atom. The number of hydrogen-bond acceptors (Lipinski definition) is 3. The van der Waals surface area contributed by atoms with Crippen molar-refractivity contribution in [3.8, 4) is 0 Å². The summed E-state index contributed by atoms with van der Waals surface area (Å²) in [6, 6.07) is 5.91. The fraction of sp³-hybridized carbons (Fsp3) is 0.647. The third kappa shape index (κ3) is 7.97. The van der Waals surface area contributed by atoms with Crippen LogP contribution < -0.4 is 11.1 Å². The molecule has 1 fully saturated rings. The largest absolute Gasteiger partial charge is 0.376 e. The average molecular weight is 432 g/mol. The minimum Gasteiger partial charge on any atom is -0.376 e. The highest BCUT2D eigenvalue weighted by atomic mass is 127. The molecule has 1 aliphatic carbocycles. The van der Waals surface area contributed by atoms with Gasteiger partial charge in [-0.3, -0.25) is 9.98 Å². The number of nitrogens with one attached hydrogen (secondary N) is 1. The van der Waals surface area contributed by atoms with E-state index in [1.165, 1.54) is 25.7 Å². The Morgan fingerprint density at radius 2 is 2.22 bits per heavy atom. The maximum atomic E-state index is 5.92. The summed E-state index contributed by atoms with van der Waals surface area (Å²) in [5.41, 5.74) is 6.90. The van der Waals surface area contributed by atoms with Crippen molar-refractivity contribution in [2.24, 2.45) is 16.6 Å². The summed E-state index contributed by atoms with van der Waals surface area (Å²) in [5.74, 6) is 1.16. The molecule has 0 bridgehead atoms. The van der Waals surface area contributed by atoms with E-state index in [0.29, 0.717) is 31.1 Å². The summed E-state index contributed by atoms with van der Waals surface area (Å²) in [6.45, 7) is 4.29. The normalized spacial score (nSPS) is 21.5. The van der Waals surface area contributed by atoms with Crippen molar-refractivity contribution in [2.45, 2.75) is 45.1 Å². The molecule has 2 atom stereocenters.